The third kappa shape index (κ3) is 4.33. The predicted molar refractivity (Wildman–Crippen MR) is 160 cm³/mol. The van der Waals surface area contributed by atoms with Crippen LogP contribution in [-0.4, -0.2) is 4.57 Å². The van der Waals surface area contributed by atoms with Crippen molar-refractivity contribution in [3.63, 3.8) is 0 Å². The fourth-order valence-corrected chi connectivity index (χ4v) is 6.17. The van der Waals surface area contributed by atoms with Crippen molar-refractivity contribution in [1.29, 1.82) is 10.5 Å². The Morgan fingerprint density at radius 3 is 1.73 bits per heavy atom. The van der Waals surface area contributed by atoms with Crippen LogP contribution in [0.2, 0.25) is 0 Å². The molecule has 0 radical (unpaired) electrons. The number of benzene rings is 4. The monoisotopic (exact) mass is 534 g/mol. The van der Waals surface area contributed by atoms with Gasteiger partial charge < -0.3 is 5.73 Å². The first kappa shape index (κ1) is 24.9. The highest BCUT2D eigenvalue weighted by Gasteiger charge is 2.32. The van der Waals surface area contributed by atoms with E-state index in [-0.39, 0.29) is 17.0 Å². The van der Waals surface area contributed by atoms with Crippen LogP contribution in [-0.2, 0) is 0 Å². The summed E-state index contributed by atoms with van der Waals surface area (Å²) in [4.78, 5) is 13.5. The molecule has 0 saturated heterocycles. The fraction of sp³-hybridized carbons (Fsp3) is 0.0294. The molecule has 2 heterocycles. The zero-order chi connectivity index (χ0) is 27.6. The van der Waals surface area contributed by atoms with Crippen molar-refractivity contribution in [2.45, 2.75) is 5.92 Å². The molecule has 0 fully saturated rings. The van der Waals surface area contributed by atoms with Gasteiger partial charge in [0.05, 0.1) is 33.7 Å². The van der Waals surface area contributed by atoms with Crippen molar-refractivity contribution in [1.82, 2.24) is 4.57 Å². The lowest BCUT2D eigenvalue weighted by Crippen LogP contribution is -2.38. The molecule has 0 aliphatic carbocycles. The van der Waals surface area contributed by atoms with Gasteiger partial charge >= 0.3 is 0 Å². The Labute approximate surface area is 234 Å². The van der Waals surface area contributed by atoms with Crippen LogP contribution in [0.25, 0.3) is 39.7 Å². The summed E-state index contributed by atoms with van der Waals surface area (Å²) in [5.41, 5.74) is 12.5. The number of hydrogen-bond donors (Lipinski definition) is 1. The smallest absolute Gasteiger partial charge is 0.274 e. The lowest BCUT2D eigenvalue weighted by Gasteiger charge is -2.22. The molecule has 6 rings (SSSR count). The van der Waals surface area contributed by atoms with Crippen LogP contribution in [0.5, 0.6) is 0 Å². The van der Waals surface area contributed by atoms with Crippen LogP contribution in [0.15, 0.2) is 120 Å². The van der Waals surface area contributed by atoms with E-state index in [9.17, 15) is 15.3 Å². The number of aromatic nitrogens is 1. The molecule has 5 aromatic rings. The topological polar surface area (TPSA) is 95.6 Å². The molecule has 1 aromatic heterocycles. The normalized spacial score (nSPS) is 14.9. The number of rotatable bonds is 4. The Hall–Kier alpha value is -5.43. The fourth-order valence-electron chi connectivity index (χ4n) is 5.04. The van der Waals surface area contributed by atoms with Gasteiger partial charge in [0.1, 0.15) is 10.5 Å². The molecule has 0 saturated carbocycles. The second-order valence-electron chi connectivity index (χ2n) is 9.40. The van der Waals surface area contributed by atoms with Gasteiger partial charge in [0.15, 0.2) is 0 Å². The van der Waals surface area contributed by atoms with Crippen LogP contribution in [0.1, 0.15) is 17.0 Å². The molecule has 4 aromatic carbocycles. The zero-order valence-corrected chi connectivity index (χ0v) is 22.1. The molecular weight excluding hydrogens is 512 g/mol. The second-order valence-corrected chi connectivity index (χ2v) is 10.4. The molecule has 1 atom stereocenters. The van der Waals surface area contributed by atoms with E-state index < -0.39 is 5.92 Å². The first-order valence-corrected chi connectivity index (χ1v) is 13.5. The Morgan fingerprint density at radius 2 is 1.20 bits per heavy atom. The maximum atomic E-state index is 13.5. The van der Waals surface area contributed by atoms with Crippen molar-refractivity contribution >= 4 is 28.8 Å². The number of hydrogen-bond acceptors (Lipinski definition) is 5. The summed E-state index contributed by atoms with van der Waals surface area (Å²) in [6, 6.07) is 40.2. The minimum Gasteiger partial charge on any atom is -0.384 e. The Kier molecular flexibility index (Phi) is 6.46. The summed E-state index contributed by atoms with van der Waals surface area (Å²) in [7, 11) is 0. The minimum atomic E-state index is -0.657. The lowest BCUT2D eigenvalue weighted by molar-refractivity contribution is 0.906. The molecule has 1 unspecified atom stereocenters. The Bertz CT molecular complexity index is 2020. The number of nitriles is 2. The summed E-state index contributed by atoms with van der Waals surface area (Å²) in [5.74, 6) is -0.593. The van der Waals surface area contributed by atoms with Crippen molar-refractivity contribution in [3.05, 3.63) is 145 Å². The molecule has 40 heavy (non-hydrogen) atoms. The Balaban J connectivity index is 1.45. The minimum absolute atomic E-state index is 0.0639. The summed E-state index contributed by atoms with van der Waals surface area (Å²) in [5, 5.41) is 20.3. The molecule has 6 heteroatoms. The molecule has 0 spiro atoms. The van der Waals surface area contributed by atoms with E-state index in [0.29, 0.717) is 14.8 Å². The summed E-state index contributed by atoms with van der Waals surface area (Å²) in [6.45, 7) is 0. The second kappa shape index (κ2) is 10.4. The molecule has 0 bridgehead atoms. The lowest BCUT2D eigenvalue weighted by atomic mass is 9.84. The van der Waals surface area contributed by atoms with Gasteiger partial charge in [-0.1, -0.05) is 109 Å². The maximum absolute atomic E-state index is 13.5. The quantitative estimate of drug-likeness (QED) is 0.343. The van der Waals surface area contributed by atoms with Crippen LogP contribution < -0.4 is 20.5 Å². The van der Waals surface area contributed by atoms with Gasteiger partial charge in [0.25, 0.3) is 5.56 Å². The predicted octanol–water partition coefficient (Wildman–Crippen LogP) is 5.20. The zero-order valence-electron chi connectivity index (χ0n) is 21.3. The molecule has 5 nitrogen and oxygen atoms in total. The van der Waals surface area contributed by atoms with Crippen molar-refractivity contribution in [2.75, 3.05) is 0 Å². The van der Waals surface area contributed by atoms with Gasteiger partial charge in [-0.25, -0.2) is 0 Å². The van der Waals surface area contributed by atoms with Gasteiger partial charge in [0.2, 0.25) is 0 Å². The van der Waals surface area contributed by atoms with Gasteiger partial charge in [-0.3, -0.25) is 9.36 Å². The van der Waals surface area contributed by atoms with Crippen LogP contribution >= 0.6 is 11.3 Å². The van der Waals surface area contributed by atoms with E-state index in [4.69, 9.17) is 5.73 Å². The highest BCUT2D eigenvalue weighted by Crippen LogP contribution is 2.36. The van der Waals surface area contributed by atoms with E-state index in [1.54, 1.807) is 6.08 Å². The van der Waals surface area contributed by atoms with Crippen LogP contribution in [0.3, 0.4) is 0 Å². The highest BCUT2D eigenvalue weighted by molar-refractivity contribution is 7.07. The van der Waals surface area contributed by atoms with E-state index in [1.165, 1.54) is 15.9 Å². The number of fused-ring (bicyclic) bond motifs is 1. The first-order valence-electron chi connectivity index (χ1n) is 12.7. The number of thiazole rings is 1. The number of nitrogens with zero attached hydrogens (tertiary/aromatic N) is 3. The number of nitrogens with two attached hydrogens (primary N) is 1. The van der Waals surface area contributed by atoms with Crippen LogP contribution in [0, 0.1) is 22.7 Å². The van der Waals surface area contributed by atoms with Gasteiger partial charge in [-0.15, -0.1) is 11.3 Å². The van der Waals surface area contributed by atoms with E-state index in [1.807, 2.05) is 109 Å². The van der Waals surface area contributed by atoms with Gasteiger partial charge in [-0.05, 0) is 39.5 Å². The van der Waals surface area contributed by atoms with E-state index in [2.05, 4.69) is 12.1 Å². The molecule has 0 amide bonds. The van der Waals surface area contributed by atoms with Gasteiger partial charge in [0, 0.05) is 0 Å². The highest BCUT2D eigenvalue weighted by atomic mass is 32.1. The standard InChI is InChI=1S/C34H22N4OS/c35-20-28-31(27-17-15-26(16-18-27)24-9-5-2-6-10-24)29(21-36)34-38(32(28)37)33(39)30(40-34)19-22-11-13-25(14-12-22)23-7-3-1-4-8-23/h1-19,31H,37H2/b30-19+. The molecular formula is C34H22N4OS. The largest absolute Gasteiger partial charge is 0.384 e. The average Bonchev–Trinajstić information content (AvgIpc) is 3.34. The van der Waals surface area contributed by atoms with Crippen molar-refractivity contribution < 1.29 is 0 Å². The van der Waals surface area contributed by atoms with Crippen LogP contribution in [0.4, 0.5) is 0 Å². The van der Waals surface area contributed by atoms with E-state index >= 15 is 0 Å². The third-order valence-electron chi connectivity index (χ3n) is 7.06. The summed E-state index contributed by atoms with van der Waals surface area (Å²) < 4.78 is 2.20. The van der Waals surface area contributed by atoms with Crippen molar-refractivity contribution in [3.8, 4) is 34.4 Å². The average molecular weight is 535 g/mol. The molecule has 2 N–H and O–H groups in total. The third-order valence-corrected chi connectivity index (χ3v) is 8.16. The maximum Gasteiger partial charge on any atom is 0.274 e. The van der Waals surface area contributed by atoms with Gasteiger partial charge in [-0.2, -0.15) is 10.5 Å². The van der Waals surface area contributed by atoms with Crippen molar-refractivity contribution in [2.24, 2.45) is 5.73 Å². The molecule has 1 aliphatic heterocycles. The first-order chi connectivity index (χ1) is 19.6. The Morgan fingerprint density at radius 1 is 0.700 bits per heavy atom. The summed E-state index contributed by atoms with van der Waals surface area (Å²) >= 11 is 1.22. The number of allylic oxidation sites excluding steroid dienone is 1. The molecule has 1 aliphatic rings. The van der Waals surface area contributed by atoms with E-state index in [0.717, 1.165) is 33.4 Å². The summed E-state index contributed by atoms with van der Waals surface area (Å²) in [6.07, 6.45) is 1.80. The molecule has 190 valence electrons. The SMILES string of the molecule is N#CC1=C(N)n2c(s/c(=C/c3ccc(-c4ccccc4)cc3)c2=O)=C(C#N)C1c1ccc(-c2ccccc2)cc1.